The van der Waals surface area contributed by atoms with Gasteiger partial charge in [-0.2, -0.15) is 0 Å². The quantitative estimate of drug-likeness (QED) is 0.379. The van der Waals surface area contributed by atoms with Gasteiger partial charge in [0.25, 0.3) is 0 Å². The zero-order chi connectivity index (χ0) is 25.0. The molecule has 0 aliphatic heterocycles. The zero-order valence-corrected chi connectivity index (χ0v) is 22.0. The fourth-order valence-electron chi connectivity index (χ4n) is 3.31. The molecular weight excluding hydrogens is 414 g/mol. The number of anilines is 2. The molecule has 2 atom stereocenters. The highest BCUT2D eigenvalue weighted by Crippen LogP contribution is 2.25. The molecule has 2 rings (SSSR count). The molecular formula is C26H45N5O2. The average molecular weight is 460 g/mol. The van der Waals surface area contributed by atoms with Gasteiger partial charge in [0.2, 0.25) is 0 Å². The van der Waals surface area contributed by atoms with Crippen molar-refractivity contribution < 1.29 is 9.84 Å². The van der Waals surface area contributed by atoms with Gasteiger partial charge in [-0.1, -0.05) is 27.7 Å². The first-order valence-electron chi connectivity index (χ1n) is 12.0. The Bertz CT molecular complexity index is 796. The summed E-state index contributed by atoms with van der Waals surface area (Å²) in [5, 5.41) is 16.5. The first-order chi connectivity index (χ1) is 15.5. The van der Waals surface area contributed by atoms with Gasteiger partial charge in [0.1, 0.15) is 12.1 Å². The predicted octanol–water partition coefficient (Wildman–Crippen LogP) is 6.01. The summed E-state index contributed by atoms with van der Waals surface area (Å²) in [6.45, 7) is 16.9. The Morgan fingerprint density at radius 2 is 1.45 bits per heavy atom. The van der Waals surface area contributed by atoms with Crippen molar-refractivity contribution in [2.45, 2.75) is 92.5 Å². The minimum atomic E-state index is -0.504. The second-order valence-electron chi connectivity index (χ2n) is 9.89. The first-order valence-corrected chi connectivity index (χ1v) is 12.0. The molecule has 2 unspecified atom stereocenters. The number of ether oxygens (including phenoxy) is 1. The monoisotopic (exact) mass is 459 g/mol. The van der Waals surface area contributed by atoms with E-state index in [4.69, 9.17) is 4.74 Å². The van der Waals surface area contributed by atoms with Crippen LogP contribution in [0.5, 0.6) is 0 Å². The summed E-state index contributed by atoms with van der Waals surface area (Å²) in [7, 11) is 1.75. The summed E-state index contributed by atoms with van der Waals surface area (Å²) in [5.41, 5.74) is 2.80. The summed E-state index contributed by atoms with van der Waals surface area (Å²) < 4.78 is 5.52. The molecule has 0 saturated heterocycles. The van der Waals surface area contributed by atoms with Crippen LogP contribution in [0.3, 0.4) is 0 Å². The van der Waals surface area contributed by atoms with E-state index in [0.717, 1.165) is 30.0 Å². The molecule has 2 aromatic heterocycles. The zero-order valence-electron chi connectivity index (χ0n) is 22.0. The molecule has 0 aromatic carbocycles. The normalized spacial score (nSPS) is 13.2. The summed E-state index contributed by atoms with van der Waals surface area (Å²) in [6, 6.07) is 6.64. The number of methoxy groups -OCH3 is 1. The van der Waals surface area contributed by atoms with Crippen LogP contribution in [0.2, 0.25) is 0 Å². The largest absolute Gasteiger partial charge is 0.387 e. The number of hydrogen-bond acceptors (Lipinski definition) is 7. The van der Waals surface area contributed by atoms with Crippen LogP contribution in [0.1, 0.15) is 91.8 Å². The molecule has 0 bridgehead atoms. The van der Waals surface area contributed by atoms with Gasteiger partial charge in [-0.25, -0.2) is 9.97 Å². The number of aliphatic hydroxyl groups is 1. The van der Waals surface area contributed by atoms with E-state index < -0.39 is 6.10 Å². The molecule has 0 saturated carbocycles. The maximum atomic E-state index is 9.93. The van der Waals surface area contributed by atoms with Gasteiger partial charge in [-0.15, -0.1) is 0 Å². The van der Waals surface area contributed by atoms with Gasteiger partial charge < -0.3 is 20.5 Å². The van der Waals surface area contributed by atoms with E-state index in [1.54, 1.807) is 7.11 Å². The standard InChI is InChI=1S/C14H24N2O.C12H21N3O/c1-10(2)8-14(17-5)13-9-12(6-7-15-13)16-11(3)4;1-8(2)5-11(16)10-6-12(14-7-13-10)15-9(3)4/h6-7,9-11,14H,8H2,1-5H3,(H,15,16);6-9,11,16H,5H2,1-4H3,(H,13,14,15). The summed E-state index contributed by atoms with van der Waals surface area (Å²) in [4.78, 5) is 12.6. The lowest BCUT2D eigenvalue weighted by molar-refractivity contribution is 0.0812. The average Bonchev–Trinajstić information content (AvgIpc) is 2.71. The molecule has 186 valence electrons. The van der Waals surface area contributed by atoms with Crippen molar-refractivity contribution >= 4 is 11.5 Å². The molecule has 0 aliphatic carbocycles. The van der Waals surface area contributed by atoms with Gasteiger partial charge in [-0.05, 0) is 64.5 Å². The number of nitrogens with zero attached hydrogens (tertiary/aromatic N) is 3. The number of nitrogens with one attached hydrogen (secondary N) is 2. The van der Waals surface area contributed by atoms with Gasteiger partial charge in [0.15, 0.2) is 0 Å². The fraction of sp³-hybridized carbons (Fsp3) is 0.654. The number of rotatable bonds is 11. The van der Waals surface area contributed by atoms with Crippen LogP contribution in [0.4, 0.5) is 11.5 Å². The Balaban J connectivity index is 0.000000331. The van der Waals surface area contributed by atoms with E-state index in [9.17, 15) is 5.11 Å². The Labute approximate surface area is 200 Å². The van der Waals surface area contributed by atoms with Crippen LogP contribution in [-0.4, -0.2) is 39.3 Å². The second kappa shape index (κ2) is 14.8. The van der Waals surface area contributed by atoms with Crippen molar-refractivity contribution in [3.63, 3.8) is 0 Å². The van der Waals surface area contributed by atoms with Gasteiger partial charge >= 0.3 is 0 Å². The van der Waals surface area contributed by atoms with E-state index in [-0.39, 0.29) is 6.10 Å². The van der Waals surface area contributed by atoms with Gasteiger partial charge in [0, 0.05) is 37.1 Å². The van der Waals surface area contributed by atoms with Crippen molar-refractivity contribution in [1.82, 2.24) is 15.0 Å². The van der Waals surface area contributed by atoms with Crippen LogP contribution < -0.4 is 10.6 Å². The predicted molar refractivity (Wildman–Crippen MR) is 137 cm³/mol. The highest BCUT2D eigenvalue weighted by Gasteiger charge is 2.14. The van der Waals surface area contributed by atoms with E-state index in [1.165, 1.54) is 6.33 Å². The maximum absolute atomic E-state index is 9.93. The highest BCUT2D eigenvalue weighted by molar-refractivity contribution is 5.44. The lowest BCUT2D eigenvalue weighted by Crippen LogP contribution is -2.12. The smallest absolute Gasteiger partial charge is 0.129 e. The molecule has 33 heavy (non-hydrogen) atoms. The topological polar surface area (TPSA) is 92.2 Å². The summed E-state index contributed by atoms with van der Waals surface area (Å²) >= 11 is 0. The van der Waals surface area contributed by atoms with E-state index in [2.05, 4.69) is 73.2 Å². The van der Waals surface area contributed by atoms with Crippen LogP contribution in [0.25, 0.3) is 0 Å². The highest BCUT2D eigenvalue weighted by atomic mass is 16.5. The lowest BCUT2D eigenvalue weighted by atomic mass is 10.0. The molecule has 0 radical (unpaired) electrons. The minimum Gasteiger partial charge on any atom is -0.387 e. The van der Waals surface area contributed by atoms with Crippen molar-refractivity contribution in [2.75, 3.05) is 17.7 Å². The second-order valence-corrected chi connectivity index (χ2v) is 9.89. The molecule has 0 fully saturated rings. The molecule has 0 spiro atoms. The van der Waals surface area contributed by atoms with Crippen LogP contribution in [0, 0.1) is 11.8 Å². The van der Waals surface area contributed by atoms with Crippen molar-refractivity contribution in [3.8, 4) is 0 Å². The Kier molecular flexibility index (Phi) is 12.9. The van der Waals surface area contributed by atoms with E-state index >= 15 is 0 Å². The van der Waals surface area contributed by atoms with Crippen LogP contribution >= 0.6 is 0 Å². The summed E-state index contributed by atoms with van der Waals surface area (Å²) in [5.74, 6) is 1.82. The van der Waals surface area contributed by atoms with Gasteiger partial charge in [-0.3, -0.25) is 4.98 Å². The molecule has 3 N–H and O–H groups in total. The molecule has 7 heteroatoms. The fourth-order valence-corrected chi connectivity index (χ4v) is 3.31. The van der Waals surface area contributed by atoms with Gasteiger partial charge in [0.05, 0.1) is 23.6 Å². The third kappa shape index (κ3) is 12.0. The first kappa shape index (κ1) is 28.8. The molecule has 7 nitrogen and oxygen atoms in total. The Hall–Kier alpha value is -2.25. The lowest BCUT2D eigenvalue weighted by Gasteiger charge is -2.18. The van der Waals surface area contributed by atoms with Crippen molar-refractivity contribution in [2.24, 2.45) is 11.8 Å². The molecule has 2 aromatic rings. The Morgan fingerprint density at radius 1 is 0.818 bits per heavy atom. The molecule has 2 heterocycles. The SMILES string of the molecule is CC(C)CC(O)c1cc(NC(C)C)ncn1.COC(CC(C)C)c1cc(NC(C)C)ccn1. The number of pyridine rings is 1. The maximum Gasteiger partial charge on any atom is 0.129 e. The molecule has 0 amide bonds. The Morgan fingerprint density at radius 3 is 2.00 bits per heavy atom. The van der Waals surface area contributed by atoms with Crippen molar-refractivity contribution in [1.29, 1.82) is 0 Å². The van der Waals surface area contributed by atoms with Crippen molar-refractivity contribution in [3.05, 3.63) is 42.1 Å². The van der Waals surface area contributed by atoms with E-state index in [1.807, 2.05) is 32.2 Å². The third-order valence-corrected chi connectivity index (χ3v) is 4.70. The third-order valence-electron chi connectivity index (χ3n) is 4.70. The summed E-state index contributed by atoms with van der Waals surface area (Å²) in [6.07, 6.45) is 4.63. The number of aliphatic hydroxyl groups excluding tert-OH is 1. The molecule has 0 aliphatic rings. The van der Waals surface area contributed by atoms with E-state index in [0.29, 0.717) is 29.6 Å². The minimum absolute atomic E-state index is 0.0870. The number of hydrogen-bond donors (Lipinski definition) is 3. The van der Waals surface area contributed by atoms with Crippen LogP contribution in [0.15, 0.2) is 30.7 Å². The van der Waals surface area contributed by atoms with Crippen LogP contribution in [-0.2, 0) is 4.74 Å². The number of aromatic nitrogens is 3.